The quantitative estimate of drug-likeness (QED) is 0.700. The van der Waals surface area contributed by atoms with E-state index in [4.69, 9.17) is 5.73 Å². The molecule has 0 amide bonds. The van der Waals surface area contributed by atoms with Crippen molar-refractivity contribution >= 4 is 16.0 Å². The molecule has 0 fully saturated rings. The second-order valence-corrected chi connectivity index (χ2v) is 7.34. The van der Waals surface area contributed by atoms with Crippen LogP contribution >= 0.6 is 0 Å². The van der Waals surface area contributed by atoms with Crippen molar-refractivity contribution in [3.63, 3.8) is 0 Å². The van der Waals surface area contributed by atoms with Crippen LogP contribution in [0.15, 0.2) is 24.3 Å². The molecule has 0 radical (unpaired) electrons. The molecule has 0 spiro atoms. The van der Waals surface area contributed by atoms with Crippen LogP contribution in [-0.4, -0.2) is 34.1 Å². The second kappa shape index (κ2) is 8.26. The van der Waals surface area contributed by atoms with Gasteiger partial charge >= 0.3 is 5.97 Å². The molecule has 0 saturated heterocycles. The third-order valence-corrected chi connectivity index (χ3v) is 4.54. The summed E-state index contributed by atoms with van der Waals surface area (Å²) in [7, 11) is -2.33. The number of nitrogens with two attached hydrogens (primary N) is 1. The van der Waals surface area contributed by atoms with Crippen LogP contribution in [0.4, 0.5) is 0 Å². The van der Waals surface area contributed by atoms with Gasteiger partial charge < -0.3 is 10.5 Å². The normalized spacial score (nSPS) is 13.1. The van der Waals surface area contributed by atoms with Gasteiger partial charge in [0.25, 0.3) is 0 Å². The van der Waals surface area contributed by atoms with Crippen molar-refractivity contribution in [3.8, 4) is 0 Å². The van der Waals surface area contributed by atoms with Crippen molar-refractivity contribution in [2.45, 2.75) is 32.1 Å². The highest BCUT2D eigenvalue weighted by Gasteiger charge is 2.21. The molecule has 0 aliphatic rings. The van der Waals surface area contributed by atoms with Gasteiger partial charge in [-0.15, -0.1) is 0 Å². The molecule has 7 heteroatoms. The highest BCUT2D eigenvalue weighted by Crippen LogP contribution is 2.14. The monoisotopic (exact) mass is 328 g/mol. The van der Waals surface area contributed by atoms with Crippen molar-refractivity contribution in [2.24, 2.45) is 11.7 Å². The van der Waals surface area contributed by atoms with Crippen LogP contribution < -0.4 is 10.5 Å². The summed E-state index contributed by atoms with van der Waals surface area (Å²) in [5.41, 5.74) is 6.28. The number of hydrogen-bond acceptors (Lipinski definition) is 5. The van der Waals surface area contributed by atoms with Gasteiger partial charge in [0.05, 0.1) is 18.4 Å². The van der Waals surface area contributed by atoms with E-state index in [1.165, 1.54) is 7.11 Å². The lowest BCUT2D eigenvalue weighted by Gasteiger charge is -2.19. The zero-order valence-corrected chi connectivity index (χ0v) is 14.0. The van der Waals surface area contributed by atoms with Crippen molar-refractivity contribution in [2.75, 3.05) is 13.7 Å². The number of nitrogens with one attached hydrogen (secondary N) is 1. The predicted molar refractivity (Wildman–Crippen MR) is 85.8 cm³/mol. The number of benzene rings is 1. The van der Waals surface area contributed by atoms with Crippen LogP contribution in [0.25, 0.3) is 0 Å². The zero-order valence-electron chi connectivity index (χ0n) is 13.2. The average Bonchev–Trinajstić information content (AvgIpc) is 2.45. The highest BCUT2D eigenvalue weighted by molar-refractivity contribution is 7.88. The average molecular weight is 328 g/mol. The van der Waals surface area contributed by atoms with Crippen LogP contribution in [0.2, 0.25) is 0 Å². The fourth-order valence-corrected chi connectivity index (χ4v) is 3.66. The Labute approximate surface area is 132 Å². The third kappa shape index (κ3) is 5.75. The molecular formula is C15H24N2O4S. The molecule has 0 aliphatic heterocycles. The molecule has 1 aromatic carbocycles. The van der Waals surface area contributed by atoms with E-state index in [0.29, 0.717) is 17.9 Å². The Morgan fingerprint density at radius 1 is 1.32 bits per heavy atom. The number of esters is 1. The van der Waals surface area contributed by atoms with Crippen LogP contribution in [0, 0.1) is 5.92 Å². The van der Waals surface area contributed by atoms with E-state index < -0.39 is 16.0 Å². The van der Waals surface area contributed by atoms with Gasteiger partial charge in [-0.1, -0.05) is 32.0 Å². The van der Waals surface area contributed by atoms with Gasteiger partial charge in [-0.2, -0.15) is 0 Å². The van der Waals surface area contributed by atoms with Crippen LogP contribution in [0.5, 0.6) is 0 Å². The number of carbonyl (C=O) groups excluding carboxylic acids is 1. The number of hydrogen-bond donors (Lipinski definition) is 2. The molecule has 0 aliphatic carbocycles. The minimum atomic E-state index is -3.59. The van der Waals surface area contributed by atoms with Crippen LogP contribution in [-0.2, 0) is 20.5 Å². The molecule has 1 unspecified atom stereocenters. The van der Waals surface area contributed by atoms with E-state index in [-0.39, 0.29) is 23.9 Å². The van der Waals surface area contributed by atoms with Gasteiger partial charge in [-0.3, -0.25) is 0 Å². The molecule has 0 aromatic heterocycles. The molecular weight excluding hydrogens is 304 g/mol. The number of carbonyl (C=O) groups is 1. The Hall–Kier alpha value is -1.44. The molecule has 22 heavy (non-hydrogen) atoms. The number of methoxy groups -OCH3 is 1. The van der Waals surface area contributed by atoms with E-state index in [2.05, 4.69) is 9.46 Å². The van der Waals surface area contributed by atoms with Gasteiger partial charge in [0.2, 0.25) is 10.0 Å². The number of rotatable bonds is 8. The summed E-state index contributed by atoms with van der Waals surface area (Å²) in [6.07, 6.45) is 0.661. The lowest BCUT2D eigenvalue weighted by molar-refractivity contribution is 0.0600. The molecule has 0 saturated carbocycles. The third-order valence-electron chi connectivity index (χ3n) is 3.15. The SMILES string of the molecule is COC(=O)c1ccccc1CS(=O)(=O)NC(CN)CC(C)C. The van der Waals surface area contributed by atoms with Crippen LogP contribution in [0.1, 0.15) is 36.2 Å². The first-order valence-corrected chi connectivity index (χ1v) is 8.80. The zero-order chi connectivity index (χ0) is 16.8. The van der Waals surface area contributed by atoms with E-state index in [9.17, 15) is 13.2 Å². The summed E-state index contributed by atoms with van der Waals surface area (Å²) in [5.74, 6) is -0.505. The predicted octanol–water partition coefficient (Wildman–Crippen LogP) is 1.27. The Kier molecular flexibility index (Phi) is 6.99. The fourth-order valence-electron chi connectivity index (χ4n) is 2.22. The van der Waals surface area contributed by atoms with Gasteiger partial charge in [-0.25, -0.2) is 17.9 Å². The molecule has 1 aromatic rings. The van der Waals surface area contributed by atoms with Gasteiger partial charge in [0.15, 0.2) is 0 Å². The first-order chi connectivity index (χ1) is 10.3. The molecule has 0 heterocycles. The summed E-state index contributed by atoms with van der Waals surface area (Å²) >= 11 is 0. The minimum Gasteiger partial charge on any atom is -0.465 e. The highest BCUT2D eigenvalue weighted by atomic mass is 32.2. The maximum atomic E-state index is 12.3. The Morgan fingerprint density at radius 3 is 2.50 bits per heavy atom. The summed E-state index contributed by atoms with van der Waals surface area (Å²) in [5, 5.41) is 0. The smallest absolute Gasteiger partial charge is 0.338 e. The molecule has 1 rings (SSSR count). The molecule has 124 valence electrons. The first-order valence-electron chi connectivity index (χ1n) is 7.15. The van der Waals surface area contributed by atoms with Crippen molar-refractivity contribution < 1.29 is 17.9 Å². The summed E-state index contributed by atoms with van der Waals surface area (Å²) < 4.78 is 31.9. The summed E-state index contributed by atoms with van der Waals surface area (Å²) in [6, 6.07) is 6.19. The fraction of sp³-hybridized carbons (Fsp3) is 0.533. The standard InChI is InChI=1S/C15H24N2O4S/c1-11(2)8-13(9-16)17-22(19,20)10-12-6-4-5-7-14(12)15(18)21-3/h4-7,11,13,17H,8-10,16H2,1-3H3. The Morgan fingerprint density at radius 2 is 1.95 bits per heavy atom. The largest absolute Gasteiger partial charge is 0.465 e. The van der Waals surface area contributed by atoms with Crippen molar-refractivity contribution in [1.29, 1.82) is 0 Å². The van der Waals surface area contributed by atoms with E-state index in [1.54, 1.807) is 24.3 Å². The summed E-state index contributed by atoms with van der Waals surface area (Å²) in [6.45, 7) is 4.24. The van der Waals surface area contributed by atoms with Gasteiger partial charge in [0.1, 0.15) is 0 Å². The van der Waals surface area contributed by atoms with E-state index in [1.807, 2.05) is 13.8 Å². The molecule has 1 atom stereocenters. The second-order valence-electron chi connectivity index (χ2n) is 5.59. The maximum absolute atomic E-state index is 12.3. The lowest BCUT2D eigenvalue weighted by atomic mass is 10.1. The van der Waals surface area contributed by atoms with Crippen molar-refractivity contribution in [1.82, 2.24) is 4.72 Å². The lowest BCUT2D eigenvalue weighted by Crippen LogP contribution is -2.41. The topological polar surface area (TPSA) is 98.5 Å². The van der Waals surface area contributed by atoms with Gasteiger partial charge in [-0.05, 0) is 24.0 Å². The number of sulfonamides is 1. The Bertz CT molecular complexity index is 599. The maximum Gasteiger partial charge on any atom is 0.338 e. The van der Waals surface area contributed by atoms with E-state index >= 15 is 0 Å². The first kappa shape index (κ1) is 18.6. The minimum absolute atomic E-state index is 0.232. The molecule has 3 N–H and O–H groups in total. The van der Waals surface area contributed by atoms with Crippen molar-refractivity contribution in [3.05, 3.63) is 35.4 Å². The van der Waals surface area contributed by atoms with Crippen LogP contribution in [0.3, 0.4) is 0 Å². The molecule has 6 nitrogen and oxygen atoms in total. The van der Waals surface area contributed by atoms with E-state index in [0.717, 1.165) is 0 Å². The Balaban J connectivity index is 2.91. The summed E-state index contributed by atoms with van der Waals surface area (Å²) in [4.78, 5) is 11.7. The number of ether oxygens (including phenoxy) is 1. The van der Waals surface area contributed by atoms with Gasteiger partial charge in [0, 0.05) is 12.6 Å². The molecule has 0 bridgehead atoms.